The van der Waals surface area contributed by atoms with Gasteiger partial charge < -0.3 is 9.84 Å². The number of hydrogen-bond donors (Lipinski definition) is 1. The van der Waals surface area contributed by atoms with Gasteiger partial charge in [0.2, 0.25) is 0 Å². The third-order valence-electron chi connectivity index (χ3n) is 0.973. The van der Waals surface area contributed by atoms with Gasteiger partial charge in [-0.3, -0.25) is 0 Å². The molecule has 0 unspecified atom stereocenters. The Balaban J connectivity index is 3.44. The molecule has 0 bridgehead atoms. The molecule has 0 spiro atoms. The van der Waals surface area contributed by atoms with Gasteiger partial charge in [0.05, 0.1) is 18.8 Å². The van der Waals surface area contributed by atoms with Gasteiger partial charge in [0.15, 0.2) is 0 Å². The number of aliphatic hydroxyl groups is 1. The molecular formula is C7H14O2. The lowest BCUT2D eigenvalue weighted by molar-refractivity contribution is -0.0405. The molecule has 0 saturated heterocycles. The second-order valence-corrected chi connectivity index (χ2v) is 2.52. The first-order valence-electron chi connectivity index (χ1n) is 2.98. The first-order chi connectivity index (χ1) is 4.12. The van der Waals surface area contributed by atoms with Gasteiger partial charge in [0.25, 0.3) is 0 Å². The van der Waals surface area contributed by atoms with E-state index in [1.807, 2.05) is 13.8 Å². The maximum Gasteiger partial charge on any atom is 0.0860 e. The van der Waals surface area contributed by atoms with Crippen LogP contribution in [0.2, 0.25) is 0 Å². The van der Waals surface area contributed by atoms with Gasteiger partial charge in [-0.1, -0.05) is 6.08 Å². The Morgan fingerprint density at radius 3 is 2.56 bits per heavy atom. The highest BCUT2D eigenvalue weighted by Crippen LogP contribution is 2.06. The largest absolute Gasteiger partial charge is 0.393 e. The minimum atomic E-state index is -0.422. The number of hydrogen-bond acceptors (Lipinski definition) is 2. The summed E-state index contributed by atoms with van der Waals surface area (Å²) in [6.07, 6.45) is 1.66. The molecular weight excluding hydrogens is 116 g/mol. The maximum absolute atomic E-state index is 8.66. The molecule has 0 atom stereocenters. The standard InChI is InChI=1S/C7H14O2/c1-4-5-9-7(2,3)6-8/h4,8H,1,5-6H2,2-3H3. The topological polar surface area (TPSA) is 29.5 Å². The van der Waals surface area contributed by atoms with E-state index in [-0.39, 0.29) is 6.61 Å². The summed E-state index contributed by atoms with van der Waals surface area (Å²) < 4.78 is 5.16. The van der Waals surface area contributed by atoms with Gasteiger partial charge in [0.1, 0.15) is 0 Å². The first kappa shape index (κ1) is 8.66. The van der Waals surface area contributed by atoms with Gasteiger partial charge in [-0.25, -0.2) is 0 Å². The van der Waals surface area contributed by atoms with Crippen molar-refractivity contribution >= 4 is 0 Å². The van der Waals surface area contributed by atoms with Crippen molar-refractivity contribution in [1.29, 1.82) is 0 Å². The number of rotatable bonds is 4. The third kappa shape index (κ3) is 4.18. The summed E-state index contributed by atoms with van der Waals surface area (Å²) in [5.41, 5.74) is -0.422. The van der Waals surface area contributed by atoms with Crippen LogP contribution >= 0.6 is 0 Å². The van der Waals surface area contributed by atoms with Gasteiger partial charge in [-0.2, -0.15) is 0 Å². The SMILES string of the molecule is C=CCOC(C)(C)CO. The molecule has 0 fully saturated rings. The summed E-state index contributed by atoms with van der Waals surface area (Å²) in [5, 5.41) is 8.66. The minimum Gasteiger partial charge on any atom is -0.393 e. The zero-order valence-electron chi connectivity index (χ0n) is 6.05. The van der Waals surface area contributed by atoms with Crippen molar-refractivity contribution in [2.45, 2.75) is 19.4 Å². The van der Waals surface area contributed by atoms with Crippen LogP contribution in [0.25, 0.3) is 0 Å². The van der Waals surface area contributed by atoms with Crippen LogP contribution < -0.4 is 0 Å². The van der Waals surface area contributed by atoms with Crippen LogP contribution in [0.15, 0.2) is 12.7 Å². The Labute approximate surface area is 56.1 Å². The fourth-order valence-electron chi connectivity index (χ4n) is 0.330. The predicted molar refractivity (Wildman–Crippen MR) is 37.3 cm³/mol. The van der Waals surface area contributed by atoms with Crippen LogP contribution in [0.5, 0.6) is 0 Å². The Morgan fingerprint density at radius 2 is 2.22 bits per heavy atom. The van der Waals surface area contributed by atoms with E-state index in [9.17, 15) is 0 Å². The Morgan fingerprint density at radius 1 is 1.67 bits per heavy atom. The molecule has 0 rings (SSSR count). The average Bonchev–Trinajstić information content (AvgIpc) is 1.84. The quantitative estimate of drug-likeness (QED) is 0.574. The summed E-state index contributed by atoms with van der Waals surface area (Å²) in [6.45, 7) is 7.69. The molecule has 0 aromatic rings. The predicted octanol–water partition coefficient (Wildman–Crippen LogP) is 0.960. The van der Waals surface area contributed by atoms with Crippen molar-refractivity contribution in [3.63, 3.8) is 0 Å². The van der Waals surface area contributed by atoms with Crippen molar-refractivity contribution < 1.29 is 9.84 Å². The van der Waals surface area contributed by atoms with E-state index in [0.717, 1.165) is 0 Å². The molecule has 0 radical (unpaired) electrons. The molecule has 2 heteroatoms. The van der Waals surface area contributed by atoms with E-state index in [1.54, 1.807) is 6.08 Å². The molecule has 0 aromatic carbocycles. The molecule has 0 aliphatic rings. The summed E-state index contributed by atoms with van der Waals surface area (Å²) in [4.78, 5) is 0. The number of aliphatic hydroxyl groups excluding tert-OH is 1. The summed E-state index contributed by atoms with van der Waals surface area (Å²) >= 11 is 0. The summed E-state index contributed by atoms with van der Waals surface area (Å²) in [6, 6.07) is 0. The van der Waals surface area contributed by atoms with Crippen molar-refractivity contribution in [3.8, 4) is 0 Å². The molecule has 1 N–H and O–H groups in total. The lowest BCUT2D eigenvalue weighted by Gasteiger charge is -2.20. The lowest BCUT2D eigenvalue weighted by atomic mass is 10.1. The molecule has 0 heterocycles. The van der Waals surface area contributed by atoms with Gasteiger partial charge in [-0.15, -0.1) is 6.58 Å². The summed E-state index contributed by atoms with van der Waals surface area (Å²) in [7, 11) is 0. The maximum atomic E-state index is 8.66. The van der Waals surface area contributed by atoms with Crippen LogP contribution in [0.3, 0.4) is 0 Å². The summed E-state index contributed by atoms with van der Waals surface area (Å²) in [5.74, 6) is 0. The minimum absolute atomic E-state index is 0.0425. The average molecular weight is 130 g/mol. The van der Waals surface area contributed by atoms with Crippen molar-refractivity contribution in [1.82, 2.24) is 0 Å². The highest BCUT2D eigenvalue weighted by Gasteiger charge is 2.14. The van der Waals surface area contributed by atoms with E-state index < -0.39 is 5.60 Å². The molecule has 0 aliphatic heterocycles. The Kier molecular flexibility index (Phi) is 3.50. The fraction of sp³-hybridized carbons (Fsp3) is 0.714. The highest BCUT2D eigenvalue weighted by molar-refractivity contribution is 4.71. The van der Waals surface area contributed by atoms with Gasteiger partial charge >= 0.3 is 0 Å². The monoisotopic (exact) mass is 130 g/mol. The third-order valence-corrected chi connectivity index (χ3v) is 0.973. The molecule has 0 amide bonds. The van der Waals surface area contributed by atoms with E-state index in [1.165, 1.54) is 0 Å². The van der Waals surface area contributed by atoms with Gasteiger partial charge in [0, 0.05) is 0 Å². The molecule has 0 aliphatic carbocycles. The van der Waals surface area contributed by atoms with Gasteiger partial charge in [-0.05, 0) is 13.8 Å². The molecule has 54 valence electrons. The van der Waals surface area contributed by atoms with Crippen molar-refractivity contribution in [3.05, 3.63) is 12.7 Å². The van der Waals surface area contributed by atoms with E-state index in [0.29, 0.717) is 6.61 Å². The second-order valence-electron chi connectivity index (χ2n) is 2.52. The van der Waals surface area contributed by atoms with Crippen molar-refractivity contribution in [2.24, 2.45) is 0 Å². The molecule has 0 saturated carbocycles. The zero-order valence-corrected chi connectivity index (χ0v) is 6.05. The van der Waals surface area contributed by atoms with Crippen LogP contribution in [-0.2, 0) is 4.74 Å². The lowest BCUT2D eigenvalue weighted by Crippen LogP contribution is -2.28. The highest BCUT2D eigenvalue weighted by atomic mass is 16.5. The molecule has 2 nitrogen and oxygen atoms in total. The zero-order chi connectivity index (χ0) is 7.33. The second kappa shape index (κ2) is 3.64. The van der Waals surface area contributed by atoms with E-state index in [2.05, 4.69) is 6.58 Å². The van der Waals surface area contributed by atoms with Crippen LogP contribution in [0.4, 0.5) is 0 Å². The fourth-order valence-corrected chi connectivity index (χ4v) is 0.330. The Hall–Kier alpha value is -0.340. The first-order valence-corrected chi connectivity index (χ1v) is 2.98. The molecule has 0 aromatic heterocycles. The van der Waals surface area contributed by atoms with Crippen LogP contribution in [-0.4, -0.2) is 23.9 Å². The van der Waals surface area contributed by atoms with Crippen LogP contribution in [0, 0.1) is 0 Å². The normalized spacial score (nSPS) is 11.4. The molecule has 9 heavy (non-hydrogen) atoms. The van der Waals surface area contributed by atoms with Crippen molar-refractivity contribution in [2.75, 3.05) is 13.2 Å². The number of ether oxygens (including phenoxy) is 1. The van der Waals surface area contributed by atoms with Crippen LogP contribution in [0.1, 0.15) is 13.8 Å². The Bertz CT molecular complexity index is 86.9. The van der Waals surface area contributed by atoms with E-state index >= 15 is 0 Å². The smallest absolute Gasteiger partial charge is 0.0860 e. The van der Waals surface area contributed by atoms with E-state index in [4.69, 9.17) is 9.84 Å².